The normalized spacial score (nSPS) is 18.9. The molecule has 80 valence electrons. The average Bonchev–Trinajstić information content (AvgIpc) is 2.29. The summed E-state index contributed by atoms with van der Waals surface area (Å²) in [5.74, 6) is 0.203. The molecule has 1 aromatic rings. The van der Waals surface area contributed by atoms with Gasteiger partial charge in [0.25, 0.3) is 6.29 Å². The van der Waals surface area contributed by atoms with Gasteiger partial charge in [-0.05, 0) is 13.0 Å². The second-order valence-corrected chi connectivity index (χ2v) is 3.12. The summed E-state index contributed by atoms with van der Waals surface area (Å²) in [6.07, 6.45) is -0.931. The van der Waals surface area contributed by atoms with Crippen molar-refractivity contribution in [2.45, 2.75) is 19.8 Å². The maximum absolute atomic E-state index is 11.3. The van der Waals surface area contributed by atoms with Crippen LogP contribution in [-0.4, -0.2) is 18.9 Å². The van der Waals surface area contributed by atoms with E-state index in [9.17, 15) is 4.79 Å². The van der Waals surface area contributed by atoms with Gasteiger partial charge in [0.1, 0.15) is 5.75 Å². The van der Waals surface area contributed by atoms with Crippen LogP contribution >= 0.6 is 0 Å². The predicted molar refractivity (Wildman–Crippen MR) is 52.3 cm³/mol. The minimum Gasteiger partial charge on any atom is -0.461 e. The molecule has 0 bridgehead atoms. The molecule has 15 heavy (non-hydrogen) atoms. The summed E-state index contributed by atoms with van der Waals surface area (Å²) in [6, 6.07) is 7.46. The van der Waals surface area contributed by atoms with E-state index in [1.165, 1.54) is 0 Å². The van der Waals surface area contributed by atoms with E-state index in [0.717, 1.165) is 5.56 Å². The van der Waals surface area contributed by atoms with Crippen molar-refractivity contribution in [3.05, 3.63) is 29.8 Å². The topological polar surface area (TPSA) is 44.8 Å². The second kappa shape index (κ2) is 4.31. The van der Waals surface area contributed by atoms with Crippen LogP contribution in [-0.2, 0) is 20.9 Å². The van der Waals surface area contributed by atoms with E-state index < -0.39 is 12.3 Å². The molecule has 0 amide bonds. The Hall–Kier alpha value is -1.55. The highest BCUT2D eigenvalue weighted by molar-refractivity contribution is 5.73. The Morgan fingerprint density at radius 3 is 3.13 bits per heavy atom. The minimum atomic E-state index is -0.931. The molecule has 4 heteroatoms. The molecule has 0 saturated carbocycles. The highest BCUT2D eigenvalue weighted by Gasteiger charge is 2.27. The summed E-state index contributed by atoms with van der Waals surface area (Å²) in [6.45, 7) is 2.44. The van der Waals surface area contributed by atoms with Crippen molar-refractivity contribution in [1.82, 2.24) is 0 Å². The molecule has 0 aromatic heterocycles. The summed E-state index contributed by atoms with van der Waals surface area (Å²) >= 11 is 0. The molecule has 0 N–H and O–H groups in total. The zero-order valence-electron chi connectivity index (χ0n) is 8.43. The highest BCUT2D eigenvalue weighted by Crippen LogP contribution is 2.25. The van der Waals surface area contributed by atoms with Gasteiger partial charge in [-0.3, -0.25) is 0 Å². The van der Waals surface area contributed by atoms with Crippen molar-refractivity contribution < 1.29 is 19.0 Å². The Labute approximate surface area is 87.8 Å². The number of ether oxygens (including phenoxy) is 3. The summed E-state index contributed by atoms with van der Waals surface area (Å²) < 4.78 is 15.4. The van der Waals surface area contributed by atoms with Crippen LogP contribution in [0.25, 0.3) is 0 Å². The number of carbonyl (C=O) groups excluding carboxylic acids is 1. The molecule has 0 saturated heterocycles. The van der Waals surface area contributed by atoms with E-state index >= 15 is 0 Å². The van der Waals surface area contributed by atoms with Gasteiger partial charge in [0.05, 0.1) is 13.2 Å². The first-order valence-corrected chi connectivity index (χ1v) is 4.84. The molecule has 0 aliphatic carbocycles. The third-order valence-electron chi connectivity index (χ3n) is 2.08. The fourth-order valence-electron chi connectivity index (χ4n) is 1.38. The van der Waals surface area contributed by atoms with Gasteiger partial charge in [-0.2, -0.15) is 0 Å². The van der Waals surface area contributed by atoms with Crippen LogP contribution in [0.5, 0.6) is 5.75 Å². The monoisotopic (exact) mass is 208 g/mol. The Morgan fingerprint density at radius 1 is 1.53 bits per heavy atom. The Morgan fingerprint density at radius 2 is 2.33 bits per heavy atom. The standard InChI is InChI=1S/C11H12O4/c1-2-13-10(12)11-14-7-8-5-3-4-6-9(8)15-11/h3-6,11H,2,7H2,1H3. The van der Waals surface area contributed by atoms with Crippen LogP contribution in [0.2, 0.25) is 0 Å². The van der Waals surface area contributed by atoms with Crippen molar-refractivity contribution in [3.8, 4) is 5.75 Å². The highest BCUT2D eigenvalue weighted by atomic mass is 16.7. The molecule has 1 aliphatic heterocycles. The lowest BCUT2D eigenvalue weighted by atomic mass is 10.2. The predicted octanol–water partition coefficient (Wildman–Crippen LogP) is 1.48. The van der Waals surface area contributed by atoms with Gasteiger partial charge in [-0.15, -0.1) is 0 Å². The Kier molecular flexibility index (Phi) is 2.87. The lowest BCUT2D eigenvalue weighted by Crippen LogP contribution is -2.35. The van der Waals surface area contributed by atoms with Gasteiger partial charge in [-0.25, -0.2) is 4.79 Å². The van der Waals surface area contributed by atoms with Crippen molar-refractivity contribution >= 4 is 5.97 Å². The number of fused-ring (bicyclic) bond motifs is 1. The van der Waals surface area contributed by atoms with Gasteiger partial charge >= 0.3 is 5.97 Å². The fraction of sp³-hybridized carbons (Fsp3) is 0.364. The quantitative estimate of drug-likeness (QED) is 0.690. The number of para-hydroxylation sites is 1. The van der Waals surface area contributed by atoms with Gasteiger partial charge < -0.3 is 14.2 Å². The fourth-order valence-corrected chi connectivity index (χ4v) is 1.38. The zero-order chi connectivity index (χ0) is 10.7. The first-order chi connectivity index (χ1) is 7.31. The molecule has 0 radical (unpaired) electrons. The largest absolute Gasteiger partial charge is 0.461 e. The number of hydrogen-bond acceptors (Lipinski definition) is 4. The number of rotatable bonds is 2. The molecule has 2 rings (SSSR count). The summed E-state index contributed by atoms with van der Waals surface area (Å²) in [5.41, 5.74) is 0.943. The van der Waals surface area contributed by atoms with E-state index in [4.69, 9.17) is 14.2 Å². The molecule has 4 nitrogen and oxygen atoms in total. The van der Waals surface area contributed by atoms with Crippen molar-refractivity contribution in [3.63, 3.8) is 0 Å². The molecule has 1 heterocycles. The summed E-state index contributed by atoms with van der Waals surface area (Å²) in [4.78, 5) is 11.3. The van der Waals surface area contributed by atoms with Crippen LogP contribution in [0.4, 0.5) is 0 Å². The Balaban J connectivity index is 2.08. The van der Waals surface area contributed by atoms with E-state index in [0.29, 0.717) is 19.0 Å². The van der Waals surface area contributed by atoms with Crippen molar-refractivity contribution in [2.24, 2.45) is 0 Å². The smallest absolute Gasteiger partial charge is 0.376 e. The van der Waals surface area contributed by atoms with E-state index in [1.807, 2.05) is 24.3 Å². The Bertz CT molecular complexity index is 361. The molecule has 1 atom stereocenters. The van der Waals surface area contributed by atoms with Crippen molar-refractivity contribution in [2.75, 3.05) is 6.61 Å². The molecular formula is C11H12O4. The van der Waals surface area contributed by atoms with Crippen LogP contribution in [0.1, 0.15) is 12.5 Å². The van der Waals surface area contributed by atoms with E-state index in [1.54, 1.807) is 6.92 Å². The molecular weight excluding hydrogens is 196 g/mol. The average molecular weight is 208 g/mol. The third-order valence-corrected chi connectivity index (χ3v) is 2.08. The van der Waals surface area contributed by atoms with Crippen LogP contribution in [0.3, 0.4) is 0 Å². The maximum Gasteiger partial charge on any atom is 0.376 e. The van der Waals surface area contributed by atoms with Crippen LogP contribution in [0, 0.1) is 0 Å². The number of esters is 1. The van der Waals surface area contributed by atoms with Crippen molar-refractivity contribution in [1.29, 1.82) is 0 Å². The lowest BCUT2D eigenvalue weighted by molar-refractivity contribution is -0.183. The first-order valence-electron chi connectivity index (χ1n) is 4.84. The maximum atomic E-state index is 11.3. The van der Waals surface area contributed by atoms with Crippen LogP contribution in [0.15, 0.2) is 24.3 Å². The summed E-state index contributed by atoms with van der Waals surface area (Å²) in [7, 11) is 0. The third kappa shape index (κ3) is 2.10. The number of hydrogen-bond donors (Lipinski definition) is 0. The zero-order valence-corrected chi connectivity index (χ0v) is 8.43. The van der Waals surface area contributed by atoms with Crippen LogP contribution < -0.4 is 4.74 Å². The van der Waals surface area contributed by atoms with Gasteiger partial charge in [0.15, 0.2) is 0 Å². The minimum absolute atomic E-state index is 0.323. The summed E-state index contributed by atoms with van der Waals surface area (Å²) in [5, 5.41) is 0. The molecule has 1 aromatic carbocycles. The van der Waals surface area contributed by atoms with E-state index in [2.05, 4.69) is 0 Å². The SMILES string of the molecule is CCOC(=O)C1OCc2ccccc2O1. The van der Waals surface area contributed by atoms with Gasteiger partial charge in [0, 0.05) is 5.56 Å². The molecule has 0 fully saturated rings. The first kappa shape index (κ1) is 9.98. The lowest BCUT2D eigenvalue weighted by Gasteiger charge is -2.24. The molecule has 0 spiro atoms. The van der Waals surface area contributed by atoms with Gasteiger partial charge in [0.2, 0.25) is 0 Å². The van der Waals surface area contributed by atoms with Gasteiger partial charge in [-0.1, -0.05) is 18.2 Å². The second-order valence-electron chi connectivity index (χ2n) is 3.12. The number of carbonyl (C=O) groups is 1. The molecule has 1 unspecified atom stereocenters. The molecule has 1 aliphatic rings. The number of benzene rings is 1. The van der Waals surface area contributed by atoms with E-state index in [-0.39, 0.29) is 0 Å².